The van der Waals surface area contributed by atoms with Crippen LogP contribution in [-0.2, 0) is 21.1 Å². The fourth-order valence-electron chi connectivity index (χ4n) is 1.59. The second-order valence-corrected chi connectivity index (χ2v) is 6.82. The molecule has 0 fully saturated rings. The normalized spacial score (nSPS) is 11.8. The third-order valence-corrected chi connectivity index (χ3v) is 3.32. The Labute approximate surface area is 103 Å². The van der Waals surface area contributed by atoms with E-state index >= 15 is 0 Å². The Morgan fingerprint density at radius 3 is 2.12 bits per heavy atom. The molecule has 0 saturated carbocycles. The summed E-state index contributed by atoms with van der Waals surface area (Å²) in [5.74, 6) is -0.181. The Balaban J connectivity index is 2.67. The highest BCUT2D eigenvalue weighted by atomic mass is 32.2. The van der Waals surface area contributed by atoms with Gasteiger partial charge in [0, 0.05) is 12.7 Å². The number of carbonyl (C=O) groups is 1. The highest BCUT2D eigenvalue weighted by Crippen LogP contribution is 2.15. The Morgan fingerprint density at radius 2 is 1.71 bits per heavy atom. The average Bonchev–Trinajstić information content (AvgIpc) is 2.15. The highest BCUT2D eigenvalue weighted by Gasteiger charge is 2.11. The largest absolute Gasteiger partial charge is 0.298 e. The molecule has 0 saturated heterocycles. The van der Waals surface area contributed by atoms with E-state index < -0.39 is 9.84 Å². The summed E-state index contributed by atoms with van der Waals surface area (Å²) < 4.78 is 21.9. The molecule has 3 nitrogen and oxygen atoms in total. The van der Waals surface area contributed by atoms with Crippen molar-refractivity contribution in [1.82, 2.24) is 0 Å². The van der Waals surface area contributed by atoms with Gasteiger partial charge in [0.2, 0.25) is 0 Å². The fourth-order valence-corrected chi connectivity index (χ4v) is 2.28. The molecule has 0 bridgehead atoms. The molecule has 0 amide bonds. The van der Waals surface area contributed by atoms with E-state index in [1.54, 1.807) is 0 Å². The molecule has 1 rings (SSSR count). The van der Waals surface area contributed by atoms with Gasteiger partial charge in [0.05, 0.1) is 0 Å². The maximum atomic E-state index is 11.5. The van der Waals surface area contributed by atoms with Gasteiger partial charge in [-0.15, -0.1) is 0 Å². The van der Waals surface area contributed by atoms with Gasteiger partial charge >= 0.3 is 0 Å². The molecule has 17 heavy (non-hydrogen) atoms. The topological polar surface area (TPSA) is 51.2 Å². The lowest BCUT2D eigenvalue weighted by molar-refractivity contribution is -0.116. The molecular weight excluding hydrogens is 236 g/mol. The summed E-state index contributed by atoms with van der Waals surface area (Å²) >= 11 is 0. The van der Waals surface area contributed by atoms with Crippen molar-refractivity contribution in [3.63, 3.8) is 0 Å². The van der Waals surface area contributed by atoms with Crippen molar-refractivity contribution in [2.75, 3.05) is 12.0 Å². The van der Waals surface area contributed by atoms with Crippen LogP contribution in [0.4, 0.5) is 0 Å². The van der Waals surface area contributed by atoms with Gasteiger partial charge in [-0.1, -0.05) is 38.1 Å². The molecule has 0 unspecified atom stereocenters. The van der Waals surface area contributed by atoms with E-state index in [2.05, 4.69) is 13.8 Å². The lowest BCUT2D eigenvalue weighted by atomic mass is 10.0. The van der Waals surface area contributed by atoms with Crippen molar-refractivity contribution in [1.29, 1.82) is 0 Å². The van der Waals surface area contributed by atoms with Gasteiger partial charge in [0.15, 0.2) is 15.6 Å². The molecule has 0 aliphatic carbocycles. The van der Waals surface area contributed by atoms with Gasteiger partial charge in [-0.2, -0.15) is 0 Å². The molecular formula is C13H18O3S. The number of rotatable bonds is 5. The number of hydrogen-bond donors (Lipinski definition) is 0. The summed E-state index contributed by atoms with van der Waals surface area (Å²) in [7, 11) is -3.21. The minimum atomic E-state index is -3.21. The zero-order chi connectivity index (χ0) is 13.1. The molecule has 0 spiro atoms. The Hall–Kier alpha value is -1.16. The van der Waals surface area contributed by atoms with Crippen LogP contribution in [0, 0.1) is 0 Å². The summed E-state index contributed by atoms with van der Waals surface area (Å²) in [6.07, 6.45) is 1.26. The first-order valence-corrected chi connectivity index (χ1v) is 7.62. The van der Waals surface area contributed by atoms with Gasteiger partial charge in [-0.25, -0.2) is 8.42 Å². The van der Waals surface area contributed by atoms with Crippen molar-refractivity contribution < 1.29 is 13.2 Å². The summed E-state index contributed by atoms with van der Waals surface area (Å²) in [4.78, 5) is 11.5. The maximum Gasteiger partial charge on any atom is 0.154 e. The molecule has 0 radical (unpaired) electrons. The van der Waals surface area contributed by atoms with Gasteiger partial charge < -0.3 is 0 Å². The van der Waals surface area contributed by atoms with Gasteiger partial charge in [-0.05, 0) is 17.0 Å². The van der Waals surface area contributed by atoms with Gasteiger partial charge in [0.1, 0.15) is 5.75 Å². The number of Topliss-reactive ketones (excluding diaryl/α,β-unsaturated/α-hetero) is 1. The standard InChI is InChI=1S/C13H18O3S/c1-10(2)12-6-4-11(5-7-12)8-13(14)9-17(3,15)16/h4-7,10H,8-9H2,1-3H3. The third kappa shape index (κ3) is 5.13. The second-order valence-electron chi connectivity index (χ2n) is 4.68. The lowest BCUT2D eigenvalue weighted by Gasteiger charge is -2.06. The minimum absolute atomic E-state index is 0.186. The first-order valence-electron chi connectivity index (χ1n) is 5.56. The van der Waals surface area contributed by atoms with Crippen molar-refractivity contribution in [2.24, 2.45) is 0 Å². The fraction of sp³-hybridized carbons (Fsp3) is 0.462. The average molecular weight is 254 g/mol. The second kappa shape index (κ2) is 5.45. The maximum absolute atomic E-state index is 11.5. The minimum Gasteiger partial charge on any atom is -0.298 e. The summed E-state index contributed by atoms with van der Waals surface area (Å²) in [6, 6.07) is 7.73. The van der Waals surface area contributed by atoms with E-state index in [4.69, 9.17) is 0 Å². The molecule has 0 aliphatic heterocycles. The van der Waals surface area contributed by atoms with Crippen LogP contribution in [0.25, 0.3) is 0 Å². The van der Waals surface area contributed by atoms with Crippen LogP contribution in [0.2, 0.25) is 0 Å². The van der Waals surface area contributed by atoms with Gasteiger partial charge in [0.25, 0.3) is 0 Å². The van der Waals surface area contributed by atoms with E-state index in [0.29, 0.717) is 5.92 Å². The summed E-state index contributed by atoms with van der Waals surface area (Å²) in [5, 5.41) is 0. The van der Waals surface area contributed by atoms with Crippen LogP contribution in [0.15, 0.2) is 24.3 Å². The predicted molar refractivity (Wildman–Crippen MR) is 69.0 cm³/mol. The molecule has 0 atom stereocenters. The molecule has 94 valence electrons. The molecule has 1 aromatic rings. The first kappa shape index (κ1) is 13.9. The van der Waals surface area contributed by atoms with E-state index in [9.17, 15) is 13.2 Å². The van der Waals surface area contributed by atoms with Crippen molar-refractivity contribution >= 4 is 15.6 Å². The van der Waals surface area contributed by atoms with Crippen molar-refractivity contribution in [2.45, 2.75) is 26.2 Å². The molecule has 0 aliphatic rings. The van der Waals surface area contributed by atoms with Gasteiger partial charge in [-0.3, -0.25) is 4.79 Å². The van der Waals surface area contributed by atoms with E-state index in [-0.39, 0.29) is 18.0 Å². The molecule has 1 aromatic carbocycles. The molecule has 0 N–H and O–H groups in total. The summed E-state index contributed by atoms with van der Waals surface area (Å²) in [5.41, 5.74) is 2.08. The zero-order valence-electron chi connectivity index (χ0n) is 10.4. The Morgan fingerprint density at radius 1 is 1.18 bits per heavy atom. The molecule has 0 aromatic heterocycles. The first-order chi connectivity index (χ1) is 7.78. The van der Waals surface area contributed by atoms with Crippen LogP contribution >= 0.6 is 0 Å². The van der Waals surface area contributed by atoms with Crippen molar-refractivity contribution in [3.8, 4) is 0 Å². The number of sulfone groups is 1. The smallest absolute Gasteiger partial charge is 0.154 e. The quantitative estimate of drug-likeness (QED) is 0.807. The predicted octanol–water partition coefficient (Wildman–Crippen LogP) is 1.97. The molecule has 0 heterocycles. The van der Waals surface area contributed by atoms with E-state index in [1.807, 2.05) is 24.3 Å². The van der Waals surface area contributed by atoms with E-state index in [0.717, 1.165) is 11.8 Å². The SMILES string of the molecule is CC(C)c1ccc(CC(=O)CS(C)(=O)=O)cc1. The number of ketones is 1. The Bertz CT molecular complexity index is 484. The van der Waals surface area contributed by atoms with Crippen LogP contribution in [-0.4, -0.2) is 26.2 Å². The van der Waals surface area contributed by atoms with Crippen LogP contribution in [0.5, 0.6) is 0 Å². The van der Waals surface area contributed by atoms with Crippen LogP contribution in [0.3, 0.4) is 0 Å². The van der Waals surface area contributed by atoms with E-state index in [1.165, 1.54) is 5.56 Å². The third-order valence-electron chi connectivity index (χ3n) is 2.47. The molecule has 4 heteroatoms. The zero-order valence-corrected chi connectivity index (χ0v) is 11.3. The number of carbonyl (C=O) groups excluding carboxylic acids is 1. The van der Waals surface area contributed by atoms with Crippen LogP contribution in [0.1, 0.15) is 30.9 Å². The summed E-state index contributed by atoms with van der Waals surface area (Å²) in [6.45, 7) is 4.20. The monoisotopic (exact) mass is 254 g/mol. The number of benzene rings is 1. The van der Waals surface area contributed by atoms with Crippen molar-refractivity contribution in [3.05, 3.63) is 35.4 Å². The lowest BCUT2D eigenvalue weighted by Crippen LogP contribution is -2.16. The van der Waals surface area contributed by atoms with Crippen LogP contribution < -0.4 is 0 Å². The highest BCUT2D eigenvalue weighted by molar-refractivity contribution is 7.91. The Kier molecular flexibility index (Phi) is 4.46. The number of hydrogen-bond acceptors (Lipinski definition) is 3.